The van der Waals surface area contributed by atoms with Gasteiger partial charge in [-0.2, -0.15) is 5.10 Å². The van der Waals surface area contributed by atoms with Crippen LogP contribution in [0, 0.1) is 17.3 Å². The van der Waals surface area contributed by atoms with E-state index in [1.807, 2.05) is 16.9 Å². The molecule has 0 aliphatic carbocycles. The van der Waals surface area contributed by atoms with Crippen LogP contribution in [0.25, 0.3) is 0 Å². The minimum atomic E-state index is -0.0131. The monoisotopic (exact) mass is 430 g/mol. The van der Waals surface area contributed by atoms with E-state index in [9.17, 15) is 5.11 Å². The zero-order chi connectivity index (χ0) is 21.0. The van der Waals surface area contributed by atoms with Crippen molar-refractivity contribution >= 4 is 17.3 Å². The molecule has 7 nitrogen and oxygen atoms in total. The summed E-state index contributed by atoms with van der Waals surface area (Å²) in [6.45, 7) is 6.57. The molecule has 2 aromatic rings. The van der Waals surface area contributed by atoms with Crippen LogP contribution in [0.1, 0.15) is 30.9 Å². The molecule has 4 heterocycles. The van der Waals surface area contributed by atoms with Crippen LogP contribution in [0.15, 0.2) is 24.7 Å². The van der Waals surface area contributed by atoms with E-state index in [1.54, 1.807) is 12.4 Å². The van der Waals surface area contributed by atoms with Gasteiger partial charge in [-0.15, -0.1) is 0 Å². The summed E-state index contributed by atoms with van der Waals surface area (Å²) in [5.74, 6) is 6.42. The van der Waals surface area contributed by atoms with Gasteiger partial charge in [0.1, 0.15) is 11.3 Å². The number of pyridine rings is 1. The first-order chi connectivity index (χ1) is 14.5. The first kappa shape index (κ1) is 21.1. The van der Waals surface area contributed by atoms with Crippen molar-refractivity contribution in [1.29, 1.82) is 0 Å². The third-order valence-electron chi connectivity index (χ3n) is 5.79. The quantitative estimate of drug-likeness (QED) is 0.593. The summed E-state index contributed by atoms with van der Waals surface area (Å²) in [6.07, 6.45) is 7.28. The number of ether oxygens (including phenoxy) is 2. The van der Waals surface area contributed by atoms with Crippen molar-refractivity contribution in [3.05, 3.63) is 40.9 Å². The zero-order valence-electron chi connectivity index (χ0n) is 17.2. The second-order valence-corrected chi connectivity index (χ2v) is 8.64. The molecule has 0 aromatic carbocycles. The minimum Gasteiger partial charge on any atom is -0.396 e. The molecular weight excluding hydrogens is 404 g/mol. The Kier molecular flexibility index (Phi) is 6.59. The van der Waals surface area contributed by atoms with Gasteiger partial charge in [0.05, 0.1) is 49.4 Å². The van der Waals surface area contributed by atoms with Gasteiger partial charge in [0.25, 0.3) is 0 Å². The molecule has 2 fully saturated rings. The van der Waals surface area contributed by atoms with Gasteiger partial charge in [-0.05, 0) is 18.3 Å². The Morgan fingerprint density at radius 1 is 1.27 bits per heavy atom. The van der Waals surface area contributed by atoms with E-state index in [4.69, 9.17) is 21.1 Å². The van der Waals surface area contributed by atoms with Gasteiger partial charge in [0, 0.05) is 38.2 Å². The second kappa shape index (κ2) is 9.36. The molecule has 0 radical (unpaired) electrons. The lowest BCUT2D eigenvalue weighted by molar-refractivity contribution is -0.0946. The number of rotatable bonds is 4. The SMILES string of the molecule is CC1(CO)CCN(c2cc(Cl)ncc2C#Cc2cnn(CC3COCCO3)c2)CC1. The van der Waals surface area contributed by atoms with Gasteiger partial charge in [-0.25, -0.2) is 4.98 Å². The summed E-state index contributed by atoms with van der Waals surface area (Å²) in [4.78, 5) is 6.50. The number of anilines is 1. The molecule has 2 saturated heterocycles. The molecule has 2 aliphatic heterocycles. The van der Waals surface area contributed by atoms with Gasteiger partial charge in [0.15, 0.2) is 0 Å². The molecular formula is C22H27ClN4O3. The molecule has 0 saturated carbocycles. The number of hydrogen-bond donors (Lipinski definition) is 1. The zero-order valence-corrected chi connectivity index (χ0v) is 17.9. The van der Waals surface area contributed by atoms with Crippen LogP contribution in [0.5, 0.6) is 0 Å². The standard InChI is InChI=1S/C22H27ClN4O3/c1-22(16-28)4-6-26(7-5-22)20-10-21(23)24-12-18(20)3-2-17-11-25-27(13-17)14-19-15-29-8-9-30-19/h10-13,19,28H,4-9,14-16H2,1H3. The summed E-state index contributed by atoms with van der Waals surface area (Å²) in [5.41, 5.74) is 2.64. The fraction of sp³-hybridized carbons (Fsp3) is 0.545. The molecule has 4 rings (SSSR count). The maximum atomic E-state index is 9.63. The molecule has 30 heavy (non-hydrogen) atoms. The van der Waals surface area contributed by atoms with Gasteiger partial charge < -0.3 is 19.5 Å². The average Bonchev–Trinajstić information content (AvgIpc) is 3.21. The van der Waals surface area contributed by atoms with E-state index in [0.29, 0.717) is 31.5 Å². The van der Waals surface area contributed by atoms with Crippen LogP contribution in [-0.2, 0) is 16.0 Å². The van der Waals surface area contributed by atoms with Crippen molar-refractivity contribution in [3.63, 3.8) is 0 Å². The lowest BCUT2D eigenvalue weighted by Gasteiger charge is -2.39. The van der Waals surface area contributed by atoms with Crippen LogP contribution in [0.2, 0.25) is 5.15 Å². The van der Waals surface area contributed by atoms with E-state index in [0.717, 1.165) is 42.7 Å². The van der Waals surface area contributed by atoms with E-state index in [-0.39, 0.29) is 18.1 Å². The van der Waals surface area contributed by atoms with Crippen LogP contribution < -0.4 is 4.90 Å². The van der Waals surface area contributed by atoms with E-state index in [2.05, 4.69) is 33.7 Å². The average molecular weight is 431 g/mol. The minimum absolute atomic E-state index is 0.0131. The third-order valence-corrected chi connectivity index (χ3v) is 6.00. The highest BCUT2D eigenvalue weighted by atomic mass is 35.5. The maximum absolute atomic E-state index is 9.63. The number of aliphatic hydroxyl groups is 1. The van der Waals surface area contributed by atoms with Crippen molar-refractivity contribution in [2.75, 3.05) is 44.4 Å². The molecule has 0 spiro atoms. The highest BCUT2D eigenvalue weighted by Crippen LogP contribution is 2.34. The Bertz CT molecular complexity index is 922. The maximum Gasteiger partial charge on any atom is 0.131 e. The van der Waals surface area contributed by atoms with E-state index < -0.39 is 0 Å². The van der Waals surface area contributed by atoms with E-state index in [1.165, 1.54) is 0 Å². The smallest absolute Gasteiger partial charge is 0.131 e. The molecule has 160 valence electrons. The Hall–Kier alpha value is -2.11. The predicted molar refractivity (Wildman–Crippen MR) is 115 cm³/mol. The summed E-state index contributed by atoms with van der Waals surface area (Å²) in [5, 5.41) is 14.5. The van der Waals surface area contributed by atoms with Crippen molar-refractivity contribution in [2.45, 2.75) is 32.4 Å². The molecule has 2 aromatic heterocycles. The molecule has 1 unspecified atom stereocenters. The van der Waals surface area contributed by atoms with Gasteiger partial charge in [-0.3, -0.25) is 4.68 Å². The van der Waals surface area contributed by atoms with Crippen molar-refractivity contribution in [1.82, 2.24) is 14.8 Å². The van der Waals surface area contributed by atoms with Crippen LogP contribution in [-0.4, -0.2) is 65.5 Å². The van der Waals surface area contributed by atoms with Crippen molar-refractivity contribution in [3.8, 4) is 11.8 Å². The van der Waals surface area contributed by atoms with Gasteiger partial charge in [0.2, 0.25) is 0 Å². The first-order valence-corrected chi connectivity index (χ1v) is 10.7. The number of nitrogens with zero attached hydrogens (tertiary/aromatic N) is 4. The second-order valence-electron chi connectivity index (χ2n) is 8.25. The highest BCUT2D eigenvalue weighted by Gasteiger charge is 2.30. The largest absolute Gasteiger partial charge is 0.396 e. The molecule has 1 atom stereocenters. The lowest BCUT2D eigenvalue weighted by Crippen LogP contribution is -2.40. The Morgan fingerprint density at radius 3 is 2.83 bits per heavy atom. The highest BCUT2D eigenvalue weighted by molar-refractivity contribution is 6.29. The van der Waals surface area contributed by atoms with Gasteiger partial charge in [-0.1, -0.05) is 30.4 Å². The Labute approximate surface area is 181 Å². The number of piperidine rings is 1. The number of aliphatic hydroxyl groups excluding tert-OH is 1. The third kappa shape index (κ3) is 5.13. The summed E-state index contributed by atoms with van der Waals surface area (Å²) in [7, 11) is 0. The fourth-order valence-electron chi connectivity index (χ4n) is 3.74. The number of halogens is 1. The summed E-state index contributed by atoms with van der Waals surface area (Å²) >= 11 is 6.17. The van der Waals surface area contributed by atoms with Crippen molar-refractivity contribution in [2.24, 2.45) is 5.41 Å². The van der Waals surface area contributed by atoms with Crippen LogP contribution in [0.4, 0.5) is 5.69 Å². The van der Waals surface area contributed by atoms with Crippen LogP contribution >= 0.6 is 11.6 Å². The van der Waals surface area contributed by atoms with Crippen LogP contribution in [0.3, 0.4) is 0 Å². The van der Waals surface area contributed by atoms with E-state index >= 15 is 0 Å². The normalized spacial score (nSPS) is 21.2. The molecule has 8 heteroatoms. The Balaban J connectivity index is 1.47. The summed E-state index contributed by atoms with van der Waals surface area (Å²) < 4.78 is 12.9. The molecule has 0 amide bonds. The van der Waals surface area contributed by atoms with Crippen molar-refractivity contribution < 1.29 is 14.6 Å². The first-order valence-electron chi connectivity index (χ1n) is 10.3. The predicted octanol–water partition coefficient (Wildman–Crippen LogP) is 2.35. The number of hydrogen-bond acceptors (Lipinski definition) is 6. The molecule has 1 N–H and O–H groups in total. The summed E-state index contributed by atoms with van der Waals surface area (Å²) in [6, 6.07) is 1.87. The van der Waals surface area contributed by atoms with Gasteiger partial charge >= 0.3 is 0 Å². The molecule has 0 bridgehead atoms. The molecule has 2 aliphatic rings. The topological polar surface area (TPSA) is 72.6 Å². The fourth-order valence-corrected chi connectivity index (χ4v) is 3.89. The number of aromatic nitrogens is 3. The Morgan fingerprint density at radius 2 is 2.10 bits per heavy atom. The lowest BCUT2D eigenvalue weighted by atomic mass is 9.81.